The molecule has 2 aromatic carbocycles. The van der Waals surface area contributed by atoms with Crippen LogP contribution in [0.4, 0.5) is 0 Å². The number of guanidine groups is 2. The van der Waals surface area contributed by atoms with Crippen LogP contribution < -0.4 is 21.3 Å². The number of rotatable bonds is 4. The molecule has 4 heterocycles. The van der Waals surface area contributed by atoms with Crippen LogP contribution in [0.3, 0.4) is 0 Å². The highest BCUT2D eigenvalue weighted by Gasteiger charge is 2.74. The summed E-state index contributed by atoms with van der Waals surface area (Å²) >= 11 is 0. The van der Waals surface area contributed by atoms with E-state index in [1.165, 1.54) is 4.90 Å². The number of nitrogens with one attached hydrogen (secondary N) is 6. The Labute approximate surface area is 228 Å². The van der Waals surface area contributed by atoms with E-state index in [-0.39, 0.29) is 49.7 Å². The predicted octanol–water partition coefficient (Wildman–Crippen LogP) is -1.40. The molecule has 1 aliphatic carbocycles. The van der Waals surface area contributed by atoms with Gasteiger partial charge < -0.3 is 36.4 Å². The van der Waals surface area contributed by atoms with Gasteiger partial charge in [-0.25, -0.2) is 0 Å². The monoisotopic (exact) mass is 544 g/mol. The van der Waals surface area contributed by atoms with Gasteiger partial charge in [-0.05, 0) is 34.7 Å². The summed E-state index contributed by atoms with van der Waals surface area (Å²) in [6.45, 7) is -0.265. The summed E-state index contributed by atoms with van der Waals surface area (Å²) in [6, 6.07) is 10.4. The van der Waals surface area contributed by atoms with Crippen LogP contribution >= 0.6 is 0 Å². The lowest BCUT2D eigenvalue weighted by molar-refractivity contribution is -0.232. The Kier molecular flexibility index (Phi) is 5.07. The molecule has 4 fully saturated rings. The number of likely N-dealkylation sites (tertiary alicyclic amines) is 1. The number of hydrogen-bond acceptors (Lipinski definition) is 7. The van der Waals surface area contributed by atoms with Crippen LogP contribution in [0.1, 0.15) is 34.3 Å². The number of imide groups is 1. The normalized spacial score (nSPS) is 29.3. The van der Waals surface area contributed by atoms with Gasteiger partial charge in [-0.3, -0.25) is 30.1 Å². The number of aliphatic hydroxyl groups is 2. The minimum atomic E-state index is -2.66. The lowest BCUT2D eigenvalue weighted by atomic mass is 9.84. The molecule has 5 aliphatic rings. The molecule has 13 heteroatoms. The summed E-state index contributed by atoms with van der Waals surface area (Å²) in [5.74, 6) is -4.23. The molecule has 13 nitrogen and oxygen atoms in total. The van der Waals surface area contributed by atoms with Crippen LogP contribution in [-0.2, 0) is 16.0 Å². The summed E-state index contributed by atoms with van der Waals surface area (Å²) in [5, 5.41) is 51.8. The third kappa shape index (κ3) is 3.18. The van der Waals surface area contributed by atoms with Gasteiger partial charge in [0.1, 0.15) is 6.04 Å². The molecule has 2 aromatic rings. The molecule has 4 atom stereocenters. The zero-order valence-corrected chi connectivity index (χ0v) is 21.3. The van der Waals surface area contributed by atoms with Crippen molar-refractivity contribution in [3.05, 3.63) is 59.2 Å². The predicted molar refractivity (Wildman–Crippen MR) is 141 cm³/mol. The molecular formula is C27H28N8O5. The second-order valence-electron chi connectivity index (χ2n) is 10.9. The number of fused-ring (bicyclic) bond motifs is 3. The largest absolute Gasteiger partial charge is 0.361 e. The average molecular weight is 545 g/mol. The molecule has 8 N–H and O–H groups in total. The van der Waals surface area contributed by atoms with E-state index in [9.17, 15) is 24.6 Å². The van der Waals surface area contributed by atoms with Gasteiger partial charge in [-0.15, -0.1) is 0 Å². The zero-order valence-electron chi connectivity index (χ0n) is 21.3. The Bertz CT molecular complexity index is 1510. The SMILES string of the molecule is N=C1NC2[C@H](CN3C(=O)CCC3=O)NC(=N)N3C[C@H](NC(=O)c4cccc5c4Cc4ccccc4-5)C(O)(O)C23N1. The standard InChI is InChI=1S/C27H28N8O5/c28-24-32-22-18(11-34-20(36)8-9-21(34)37)30-25(29)35-12-19(27(39,40)26(22,35)33-24)31-23(38)16-7-3-6-15-14-5-2-1-4-13(14)10-17(15)16/h1-7,18-19,22,39-40H,8-12H2,(H2,29,30)(H,31,38)(H3,28,32,33)/t18-,19-,22?,26?/m0/s1. The van der Waals surface area contributed by atoms with Gasteiger partial charge in [0.05, 0.1) is 18.6 Å². The molecule has 1 spiro atoms. The van der Waals surface area contributed by atoms with Crippen molar-refractivity contribution < 1.29 is 24.6 Å². The fourth-order valence-electron chi connectivity index (χ4n) is 6.96. The number of nitrogens with zero attached hydrogens (tertiary/aromatic N) is 2. The number of amides is 3. The first-order valence-electron chi connectivity index (χ1n) is 13.2. The maximum absolute atomic E-state index is 13.6. The van der Waals surface area contributed by atoms with Crippen LogP contribution in [-0.4, -0.2) is 92.3 Å². The Morgan fingerprint density at radius 3 is 2.52 bits per heavy atom. The van der Waals surface area contributed by atoms with Crippen molar-refractivity contribution >= 4 is 29.6 Å². The van der Waals surface area contributed by atoms with Crippen LogP contribution in [0.5, 0.6) is 0 Å². The molecule has 2 unspecified atom stereocenters. The van der Waals surface area contributed by atoms with Gasteiger partial charge >= 0.3 is 0 Å². The minimum absolute atomic E-state index is 0.0960. The van der Waals surface area contributed by atoms with E-state index in [0.29, 0.717) is 12.0 Å². The van der Waals surface area contributed by atoms with Crippen molar-refractivity contribution in [2.24, 2.45) is 0 Å². The molecular weight excluding hydrogens is 516 g/mol. The Morgan fingerprint density at radius 1 is 1.02 bits per heavy atom. The summed E-state index contributed by atoms with van der Waals surface area (Å²) in [6.07, 6.45) is 0.769. The Hall–Kier alpha value is -4.49. The third-order valence-corrected chi connectivity index (χ3v) is 8.83. The van der Waals surface area contributed by atoms with Gasteiger partial charge in [0.25, 0.3) is 5.91 Å². The first-order valence-corrected chi connectivity index (χ1v) is 13.2. The van der Waals surface area contributed by atoms with Gasteiger partial charge in [0.15, 0.2) is 17.6 Å². The third-order valence-electron chi connectivity index (χ3n) is 8.83. The number of carbonyl (C=O) groups excluding carboxylic acids is 3. The molecule has 0 bridgehead atoms. The molecule has 40 heavy (non-hydrogen) atoms. The van der Waals surface area contributed by atoms with E-state index in [0.717, 1.165) is 27.2 Å². The number of hydrogen-bond donors (Lipinski definition) is 8. The summed E-state index contributed by atoms with van der Waals surface area (Å²) in [5.41, 5.74) is 2.58. The van der Waals surface area contributed by atoms with Crippen molar-refractivity contribution in [1.82, 2.24) is 31.1 Å². The quantitative estimate of drug-likeness (QED) is 0.144. The van der Waals surface area contributed by atoms with E-state index in [2.05, 4.69) is 21.3 Å². The highest BCUT2D eigenvalue weighted by atomic mass is 16.5. The zero-order chi connectivity index (χ0) is 28.0. The van der Waals surface area contributed by atoms with Crippen LogP contribution in [0, 0.1) is 10.8 Å². The fourth-order valence-corrected chi connectivity index (χ4v) is 6.96. The number of carbonyl (C=O) groups is 3. The van der Waals surface area contributed by atoms with E-state index in [1.807, 2.05) is 30.3 Å². The molecule has 0 aromatic heterocycles. The second kappa shape index (κ2) is 8.26. The van der Waals surface area contributed by atoms with Crippen LogP contribution in [0.15, 0.2) is 42.5 Å². The minimum Gasteiger partial charge on any atom is -0.361 e. The maximum atomic E-state index is 13.6. The Morgan fingerprint density at radius 2 is 1.75 bits per heavy atom. The van der Waals surface area contributed by atoms with Gasteiger partial charge in [-0.1, -0.05) is 36.4 Å². The highest BCUT2D eigenvalue weighted by Crippen LogP contribution is 2.44. The molecule has 0 saturated carbocycles. The fraction of sp³-hybridized carbons (Fsp3) is 0.370. The molecule has 4 saturated heterocycles. The molecule has 206 valence electrons. The van der Waals surface area contributed by atoms with Gasteiger partial charge in [0.2, 0.25) is 17.6 Å². The molecule has 0 radical (unpaired) electrons. The lowest BCUT2D eigenvalue weighted by Crippen LogP contribution is -2.81. The van der Waals surface area contributed by atoms with Crippen LogP contribution in [0.2, 0.25) is 0 Å². The maximum Gasteiger partial charge on any atom is 0.252 e. The smallest absolute Gasteiger partial charge is 0.252 e. The first kappa shape index (κ1) is 24.5. The Balaban J connectivity index is 1.19. The summed E-state index contributed by atoms with van der Waals surface area (Å²) < 4.78 is 0. The highest BCUT2D eigenvalue weighted by molar-refractivity contribution is 6.02. The van der Waals surface area contributed by atoms with Gasteiger partial charge in [0, 0.05) is 24.9 Å². The molecule has 4 aliphatic heterocycles. The number of benzene rings is 2. The van der Waals surface area contributed by atoms with Gasteiger partial charge in [-0.2, -0.15) is 0 Å². The van der Waals surface area contributed by atoms with Crippen molar-refractivity contribution in [3.63, 3.8) is 0 Å². The second-order valence-corrected chi connectivity index (χ2v) is 10.9. The van der Waals surface area contributed by atoms with Crippen LogP contribution in [0.25, 0.3) is 11.1 Å². The van der Waals surface area contributed by atoms with E-state index in [4.69, 9.17) is 10.8 Å². The summed E-state index contributed by atoms with van der Waals surface area (Å²) in [7, 11) is 0. The average Bonchev–Trinajstić information content (AvgIpc) is 3.63. The lowest BCUT2D eigenvalue weighted by Gasteiger charge is -2.51. The molecule has 3 amide bonds. The van der Waals surface area contributed by atoms with Crippen molar-refractivity contribution in [2.75, 3.05) is 13.1 Å². The summed E-state index contributed by atoms with van der Waals surface area (Å²) in [4.78, 5) is 40.7. The van der Waals surface area contributed by atoms with E-state index >= 15 is 0 Å². The van der Waals surface area contributed by atoms with E-state index in [1.54, 1.807) is 12.1 Å². The molecule has 7 rings (SSSR count). The van der Waals surface area contributed by atoms with Crippen molar-refractivity contribution in [3.8, 4) is 11.1 Å². The first-order chi connectivity index (χ1) is 19.1. The topological polar surface area (TPSA) is 194 Å². The van der Waals surface area contributed by atoms with E-state index < -0.39 is 35.5 Å². The van der Waals surface area contributed by atoms with Crippen molar-refractivity contribution in [1.29, 1.82) is 10.8 Å². The van der Waals surface area contributed by atoms with Crippen molar-refractivity contribution in [2.45, 2.75) is 48.8 Å².